The van der Waals surface area contributed by atoms with Crippen LogP contribution in [0, 0.1) is 0 Å². The van der Waals surface area contributed by atoms with Crippen LogP contribution < -0.4 is 25.0 Å². The largest absolute Gasteiger partial charge is 0.493 e. The third-order valence-electron chi connectivity index (χ3n) is 3.87. The van der Waals surface area contributed by atoms with Gasteiger partial charge in [0.2, 0.25) is 0 Å². The first-order chi connectivity index (χ1) is 13.0. The van der Waals surface area contributed by atoms with Crippen LogP contribution in [0.3, 0.4) is 0 Å². The van der Waals surface area contributed by atoms with E-state index in [1.54, 1.807) is 14.2 Å². The number of para-hydroxylation sites is 2. The number of methoxy groups -OCH3 is 1. The highest BCUT2D eigenvalue weighted by Crippen LogP contribution is 2.26. The van der Waals surface area contributed by atoms with Crippen molar-refractivity contribution in [2.24, 2.45) is 4.99 Å². The topological polar surface area (TPSA) is 71.0 Å². The van der Waals surface area contributed by atoms with E-state index in [9.17, 15) is 0 Å². The molecular weight excluding hydrogens is 342 g/mol. The summed E-state index contributed by atoms with van der Waals surface area (Å²) in [6.07, 6.45) is -0.0601. The second kappa shape index (κ2) is 10.3. The highest BCUT2D eigenvalue weighted by molar-refractivity contribution is 5.79. The van der Waals surface area contributed by atoms with E-state index in [0.29, 0.717) is 19.0 Å². The van der Waals surface area contributed by atoms with Gasteiger partial charge < -0.3 is 25.0 Å². The molecule has 2 N–H and O–H groups in total. The first kappa shape index (κ1) is 20.4. The van der Waals surface area contributed by atoms with Crippen molar-refractivity contribution in [2.75, 3.05) is 39.7 Å². The zero-order valence-corrected chi connectivity index (χ0v) is 16.7. The highest BCUT2D eigenvalue weighted by Gasteiger charge is 2.09. The Hall–Kier alpha value is -2.96. The van der Waals surface area contributed by atoms with E-state index in [1.165, 1.54) is 0 Å². The molecule has 7 heteroatoms. The van der Waals surface area contributed by atoms with Crippen molar-refractivity contribution in [1.29, 1.82) is 0 Å². The number of nitrogens with zero attached hydrogens (tertiary/aromatic N) is 3. The van der Waals surface area contributed by atoms with Crippen molar-refractivity contribution in [1.82, 2.24) is 15.6 Å². The normalized spacial score (nSPS) is 12.3. The quantitative estimate of drug-likeness (QED) is 0.548. The van der Waals surface area contributed by atoms with Crippen molar-refractivity contribution in [2.45, 2.75) is 19.6 Å². The van der Waals surface area contributed by atoms with Crippen LogP contribution in [-0.4, -0.2) is 51.8 Å². The van der Waals surface area contributed by atoms with Crippen molar-refractivity contribution in [3.8, 4) is 11.5 Å². The number of guanidine groups is 1. The maximum atomic E-state index is 5.95. The van der Waals surface area contributed by atoms with Crippen LogP contribution in [0.15, 0.2) is 47.5 Å². The molecule has 7 nitrogen and oxygen atoms in total. The molecule has 0 saturated carbocycles. The lowest BCUT2D eigenvalue weighted by Crippen LogP contribution is -2.41. The molecule has 1 unspecified atom stereocenters. The number of nitrogens with one attached hydrogen (secondary N) is 2. The van der Waals surface area contributed by atoms with E-state index in [1.807, 2.05) is 68.4 Å². The molecule has 0 amide bonds. The van der Waals surface area contributed by atoms with Gasteiger partial charge in [0.25, 0.3) is 0 Å². The lowest BCUT2D eigenvalue weighted by atomic mass is 10.3. The molecule has 1 atom stereocenters. The molecule has 146 valence electrons. The second-order valence-corrected chi connectivity index (χ2v) is 6.27. The monoisotopic (exact) mass is 371 g/mol. The SMILES string of the molecule is CN=C(NCc1cccc(N(C)C)n1)NCC(C)Oc1ccccc1OC. The Morgan fingerprint density at radius 2 is 1.85 bits per heavy atom. The minimum atomic E-state index is -0.0601. The fourth-order valence-electron chi connectivity index (χ4n) is 2.42. The number of benzene rings is 1. The first-order valence-corrected chi connectivity index (χ1v) is 8.91. The summed E-state index contributed by atoms with van der Waals surface area (Å²) in [5.74, 6) is 3.07. The Morgan fingerprint density at radius 3 is 2.52 bits per heavy atom. The summed E-state index contributed by atoms with van der Waals surface area (Å²) in [5, 5.41) is 6.54. The average molecular weight is 371 g/mol. The molecule has 0 aliphatic carbocycles. The van der Waals surface area contributed by atoms with Gasteiger partial charge in [-0.25, -0.2) is 4.98 Å². The summed E-state index contributed by atoms with van der Waals surface area (Å²) >= 11 is 0. The fourth-order valence-corrected chi connectivity index (χ4v) is 2.42. The number of pyridine rings is 1. The molecule has 1 aromatic heterocycles. The standard InChI is InChI=1S/C20H29N5O2/c1-15(27-18-11-7-6-10-17(18)26-5)13-22-20(21-2)23-14-16-9-8-12-19(24-16)25(3)4/h6-12,15H,13-14H2,1-5H3,(H2,21,22,23). The minimum Gasteiger partial charge on any atom is -0.493 e. The van der Waals surface area contributed by atoms with Gasteiger partial charge in [0.05, 0.1) is 25.9 Å². The van der Waals surface area contributed by atoms with Crippen molar-refractivity contribution in [3.05, 3.63) is 48.2 Å². The molecule has 2 rings (SSSR count). The number of ether oxygens (including phenoxy) is 2. The molecule has 0 saturated heterocycles. The highest BCUT2D eigenvalue weighted by atomic mass is 16.5. The van der Waals surface area contributed by atoms with E-state index < -0.39 is 0 Å². The smallest absolute Gasteiger partial charge is 0.191 e. The van der Waals surface area contributed by atoms with Crippen molar-refractivity contribution >= 4 is 11.8 Å². The molecule has 0 fully saturated rings. The summed E-state index contributed by atoms with van der Waals surface area (Å²) < 4.78 is 11.3. The summed E-state index contributed by atoms with van der Waals surface area (Å²) in [4.78, 5) is 10.8. The van der Waals surface area contributed by atoms with Gasteiger partial charge in [-0.1, -0.05) is 18.2 Å². The number of aromatic nitrogens is 1. The summed E-state index contributed by atoms with van der Waals surface area (Å²) in [6.45, 7) is 3.18. The predicted octanol–water partition coefficient (Wildman–Crippen LogP) is 2.29. The zero-order chi connectivity index (χ0) is 19.6. The van der Waals surface area contributed by atoms with Gasteiger partial charge in [-0.15, -0.1) is 0 Å². The van der Waals surface area contributed by atoms with Crippen LogP contribution >= 0.6 is 0 Å². The Morgan fingerprint density at radius 1 is 1.11 bits per heavy atom. The van der Waals surface area contributed by atoms with Gasteiger partial charge in [-0.05, 0) is 31.2 Å². The third kappa shape index (κ3) is 6.36. The molecule has 0 radical (unpaired) electrons. The lowest BCUT2D eigenvalue weighted by Gasteiger charge is -2.19. The number of anilines is 1. The molecule has 1 aromatic carbocycles. The third-order valence-corrected chi connectivity index (χ3v) is 3.87. The number of hydrogen-bond acceptors (Lipinski definition) is 5. The summed E-state index contributed by atoms with van der Waals surface area (Å²) in [5.41, 5.74) is 0.947. The Balaban J connectivity index is 1.84. The predicted molar refractivity (Wildman–Crippen MR) is 110 cm³/mol. The minimum absolute atomic E-state index is 0.0601. The van der Waals surface area contributed by atoms with Gasteiger partial charge in [-0.3, -0.25) is 4.99 Å². The average Bonchev–Trinajstić information content (AvgIpc) is 2.68. The summed E-state index contributed by atoms with van der Waals surface area (Å²) in [6, 6.07) is 13.6. The van der Waals surface area contributed by atoms with Gasteiger partial charge in [0.15, 0.2) is 17.5 Å². The molecule has 0 spiro atoms. The van der Waals surface area contributed by atoms with E-state index in [0.717, 1.165) is 23.0 Å². The number of aliphatic imine (C=N–C) groups is 1. The van der Waals surface area contributed by atoms with Gasteiger partial charge in [0, 0.05) is 21.1 Å². The van der Waals surface area contributed by atoms with Crippen LogP contribution in [0.25, 0.3) is 0 Å². The van der Waals surface area contributed by atoms with E-state index in [-0.39, 0.29) is 6.10 Å². The molecule has 0 aliphatic rings. The Kier molecular flexibility index (Phi) is 7.73. The molecular formula is C20H29N5O2. The van der Waals surface area contributed by atoms with Crippen LogP contribution in [0.1, 0.15) is 12.6 Å². The molecule has 2 aromatic rings. The van der Waals surface area contributed by atoms with Crippen LogP contribution in [0.4, 0.5) is 5.82 Å². The lowest BCUT2D eigenvalue weighted by molar-refractivity contribution is 0.213. The van der Waals surface area contributed by atoms with Crippen LogP contribution in [0.5, 0.6) is 11.5 Å². The Bertz CT molecular complexity index is 749. The molecule has 0 bridgehead atoms. The van der Waals surface area contributed by atoms with Gasteiger partial charge >= 0.3 is 0 Å². The van der Waals surface area contributed by atoms with E-state index in [2.05, 4.69) is 20.6 Å². The first-order valence-electron chi connectivity index (χ1n) is 8.91. The Labute approximate surface area is 161 Å². The van der Waals surface area contributed by atoms with E-state index >= 15 is 0 Å². The second-order valence-electron chi connectivity index (χ2n) is 6.27. The van der Waals surface area contributed by atoms with Crippen LogP contribution in [-0.2, 0) is 6.54 Å². The molecule has 1 heterocycles. The summed E-state index contributed by atoms with van der Waals surface area (Å²) in [7, 11) is 7.33. The van der Waals surface area contributed by atoms with Crippen LogP contribution in [0.2, 0.25) is 0 Å². The molecule has 0 aliphatic heterocycles. The van der Waals surface area contributed by atoms with Gasteiger partial charge in [-0.2, -0.15) is 0 Å². The number of rotatable bonds is 8. The van der Waals surface area contributed by atoms with Crippen molar-refractivity contribution in [3.63, 3.8) is 0 Å². The maximum absolute atomic E-state index is 5.95. The molecule has 27 heavy (non-hydrogen) atoms. The number of hydrogen-bond donors (Lipinski definition) is 2. The fraction of sp³-hybridized carbons (Fsp3) is 0.400. The maximum Gasteiger partial charge on any atom is 0.191 e. The van der Waals surface area contributed by atoms with Gasteiger partial charge in [0.1, 0.15) is 11.9 Å². The van der Waals surface area contributed by atoms with Crippen molar-refractivity contribution < 1.29 is 9.47 Å². The van der Waals surface area contributed by atoms with E-state index in [4.69, 9.17) is 9.47 Å². The zero-order valence-electron chi connectivity index (χ0n) is 16.7.